The lowest BCUT2D eigenvalue weighted by molar-refractivity contribution is -0.384. The molecule has 1 aliphatic heterocycles. The van der Waals surface area contributed by atoms with Gasteiger partial charge in [0.05, 0.1) is 47.2 Å². The second kappa shape index (κ2) is 10.9. The van der Waals surface area contributed by atoms with E-state index in [0.29, 0.717) is 60.3 Å². The highest BCUT2D eigenvalue weighted by molar-refractivity contribution is 5.78. The van der Waals surface area contributed by atoms with Crippen LogP contribution in [0.1, 0.15) is 67.5 Å². The summed E-state index contributed by atoms with van der Waals surface area (Å²) in [5.74, 6) is -0.535. The number of hydrogen-bond acceptors (Lipinski definition) is 7. The minimum atomic E-state index is -0.535. The van der Waals surface area contributed by atoms with Gasteiger partial charge in [-0.2, -0.15) is 10.4 Å². The summed E-state index contributed by atoms with van der Waals surface area (Å²) in [7, 11) is 0. The molecule has 2 fully saturated rings. The monoisotopic (exact) mass is 553 g/mol. The van der Waals surface area contributed by atoms with Gasteiger partial charge in [0, 0.05) is 48.6 Å². The number of nitro groups is 1. The largest absolute Gasteiger partial charge is 0.348 e. The van der Waals surface area contributed by atoms with Crippen LogP contribution < -0.4 is 5.56 Å². The molecule has 6 rings (SSSR count). The van der Waals surface area contributed by atoms with Crippen LogP contribution in [0.25, 0.3) is 16.8 Å². The van der Waals surface area contributed by atoms with E-state index in [9.17, 15) is 20.2 Å². The molecule has 0 N–H and O–H groups in total. The number of rotatable bonds is 7. The van der Waals surface area contributed by atoms with Gasteiger partial charge in [0.25, 0.3) is 11.2 Å². The van der Waals surface area contributed by atoms with Crippen molar-refractivity contribution in [2.24, 2.45) is 0 Å². The molecule has 1 saturated carbocycles. The number of nitro benzene ring substituents is 1. The number of nitriles is 1. The first-order valence-corrected chi connectivity index (χ1v) is 14.1. The molecule has 10 heteroatoms. The van der Waals surface area contributed by atoms with Gasteiger partial charge in [0.15, 0.2) is 5.79 Å². The van der Waals surface area contributed by atoms with E-state index in [1.54, 1.807) is 36.5 Å². The van der Waals surface area contributed by atoms with E-state index in [4.69, 9.17) is 9.47 Å². The number of ether oxygens (including phenoxy) is 2. The van der Waals surface area contributed by atoms with Gasteiger partial charge in [0.1, 0.15) is 5.65 Å². The molecule has 0 unspecified atom stereocenters. The Balaban J connectivity index is 1.43. The normalized spacial score (nSPS) is 16.8. The van der Waals surface area contributed by atoms with Crippen LogP contribution in [0.4, 0.5) is 5.69 Å². The highest BCUT2D eigenvalue weighted by Gasteiger charge is 2.41. The molecule has 1 spiro atoms. The summed E-state index contributed by atoms with van der Waals surface area (Å²) in [5.41, 5.74) is 3.88. The molecule has 41 heavy (non-hydrogen) atoms. The second-order valence-corrected chi connectivity index (χ2v) is 10.7. The van der Waals surface area contributed by atoms with E-state index >= 15 is 0 Å². The highest BCUT2D eigenvalue weighted by Crippen LogP contribution is 2.40. The maximum Gasteiger partial charge on any atom is 0.277 e. The molecule has 3 heterocycles. The smallest absolute Gasteiger partial charge is 0.277 e. The number of hydrogen-bond donors (Lipinski definition) is 0. The molecular weight excluding hydrogens is 522 g/mol. The predicted octanol–water partition coefficient (Wildman–Crippen LogP) is 5.34. The van der Waals surface area contributed by atoms with E-state index in [1.807, 2.05) is 21.2 Å². The molecule has 4 aromatic rings. The van der Waals surface area contributed by atoms with Crippen LogP contribution in [0, 0.1) is 21.4 Å². The van der Waals surface area contributed by atoms with Crippen molar-refractivity contribution in [2.75, 3.05) is 13.2 Å². The van der Waals surface area contributed by atoms with Gasteiger partial charge in [0.2, 0.25) is 0 Å². The summed E-state index contributed by atoms with van der Waals surface area (Å²) in [5, 5.41) is 26.3. The van der Waals surface area contributed by atoms with E-state index in [0.717, 1.165) is 30.6 Å². The average Bonchev–Trinajstić information content (AvgIpc) is 3.66. The van der Waals surface area contributed by atoms with Crippen molar-refractivity contribution in [1.82, 2.24) is 14.2 Å². The van der Waals surface area contributed by atoms with E-state index in [1.165, 1.54) is 6.07 Å². The zero-order chi connectivity index (χ0) is 28.6. The van der Waals surface area contributed by atoms with Crippen molar-refractivity contribution in [3.8, 4) is 17.2 Å². The van der Waals surface area contributed by atoms with Gasteiger partial charge in [-0.25, -0.2) is 4.52 Å². The average molecular weight is 554 g/mol. The van der Waals surface area contributed by atoms with Crippen LogP contribution in [-0.2, 0) is 22.3 Å². The predicted molar refractivity (Wildman–Crippen MR) is 152 cm³/mol. The Morgan fingerprint density at radius 3 is 2.59 bits per heavy atom. The summed E-state index contributed by atoms with van der Waals surface area (Å²) < 4.78 is 15.5. The van der Waals surface area contributed by atoms with Crippen LogP contribution >= 0.6 is 0 Å². The Bertz CT molecular complexity index is 1720. The summed E-state index contributed by atoms with van der Waals surface area (Å²) in [6, 6.07) is 15.8. The molecule has 0 atom stereocenters. The third-order valence-electron chi connectivity index (χ3n) is 8.31. The van der Waals surface area contributed by atoms with Gasteiger partial charge < -0.3 is 9.47 Å². The van der Waals surface area contributed by atoms with Gasteiger partial charge >= 0.3 is 0 Å². The van der Waals surface area contributed by atoms with E-state index in [-0.39, 0.29) is 23.7 Å². The van der Waals surface area contributed by atoms with Crippen LogP contribution in [0.2, 0.25) is 0 Å². The number of aromatic nitrogens is 3. The van der Waals surface area contributed by atoms with Crippen LogP contribution in [0.5, 0.6) is 0 Å². The summed E-state index contributed by atoms with van der Waals surface area (Å²) in [6.07, 6.45) is 6.33. The first kappa shape index (κ1) is 26.9. The maximum absolute atomic E-state index is 14.3. The Labute approximate surface area is 236 Å². The minimum absolute atomic E-state index is 0.0336. The third kappa shape index (κ3) is 4.81. The summed E-state index contributed by atoms with van der Waals surface area (Å²) >= 11 is 0. The summed E-state index contributed by atoms with van der Waals surface area (Å²) in [6.45, 7) is 3.25. The van der Waals surface area contributed by atoms with Gasteiger partial charge in [-0.1, -0.05) is 37.6 Å². The fraction of sp³-hybridized carbons (Fsp3) is 0.387. The zero-order valence-electron chi connectivity index (χ0n) is 22.9. The number of fused-ring (bicyclic) bond motifs is 1. The fourth-order valence-electron chi connectivity index (χ4n) is 6.38. The van der Waals surface area contributed by atoms with Crippen molar-refractivity contribution in [1.29, 1.82) is 5.26 Å². The van der Waals surface area contributed by atoms with Crippen molar-refractivity contribution in [3.63, 3.8) is 0 Å². The Kier molecular flexibility index (Phi) is 7.15. The lowest BCUT2D eigenvalue weighted by Crippen LogP contribution is -2.39. The van der Waals surface area contributed by atoms with Crippen molar-refractivity contribution in [2.45, 2.75) is 63.7 Å². The van der Waals surface area contributed by atoms with Crippen LogP contribution in [0.3, 0.4) is 0 Å². The summed E-state index contributed by atoms with van der Waals surface area (Å²) in [4.78, 5) is 26.0. The Hall–Kier alpha value is -4.33. The maximum atomic E-state index is 14.3. The third-order valence-corrected chi connectivity index (χ3v) is 8.31. The van der Waals surface area contributed by atoms with Crippen molar-refractivity contribution >= 4 is 11.3 Å². The zero-order valence-corrected chi connectivity index (χ0v) is 22.9. The molecule has 1 saturated heterocycles. The Morgan fingerprint density at radius 2 is 1.88 bits per heavy atom. The molecule has 0 bridgehead atoms. The van der Waals surface area contributed by atoms with E-state index < -0.39 is 10.7 Å². The number of aryl methyl sites for hydroxylation is 1. The lowest BCUT2D eigenvalue weighted by atomic mass is 9.89. The standard InChI is InChI=1S/C31H31N5O5/c1-2-5-27-26(18-21-8-9-25(28(19-21)36(38)39)24-7-4-3-6-22(24)20-32)30(37)34(29-12-15-33-35(27)29)23-10-13-31(14-11-23)40-16-17-41-31/h3-4,6-9,12,15,19,23H,2,5,10-11,13-14,16-18H2,1H3. The SMILES string of the molecule is CCCc1c(Cc2ccc(-c3ccccc3C#N)c([N+](=O)[O-])c2)c(=O)n(C2CCC3(CC2)OCCO3)c2ccnn12. The molecule has 210 valence electrons. The van der Waals surface area contributed by atoms with Crippen LogP contribution in [-0.4, -0.2) is 38.1 Å². The number of benzene rings is 2. The lowest BCUT2D eigenvalue weighted by Gasteiger charge is -2.36. The molecule has 2 aromatic carbocycles. The highest BCUT2D eigenvalue weighted by atomic mass is 16.7. The Morgan fingerprint density at radius 1 is 1.12 bits per heavy atom. The van der Waals surface area contributed by atoms with Crippen molar-refractivity contribution in [3.05, 3.63) is 97.6 Å². The van der Waals surface area contributed by atoms with E-state index in [2.05, 4.69) is 18.1 Å². The first-order valence-electron chi connectivity index (χ1n) is 14.1. The van der Waals surface area contributed by atoms with Gasteiger partial charge in [-0.05, 0) is 37.0 Å². The number of nitrogens with zero attached hydrogens (tertiary/aromatic N) is 5. The molecule has 2 aliphatic rings. The molecule has 1 aliphatic carbocycles. The molecule has 2 aromatic heterocycles. The van der Waals surface area contributed by atoms with Crippen LogP contribution in [0.15, 0.2) is 59.5 Å². The van der Waals surface area contributed by atoms with Gasteiger partial charge in [-0.15, -0.1) is 0 Å². The topological polar surface area (TPSA) is 125 Å². The second-order valence-electron chi connectivity index (χ2n) is 10.7. The van der Waals surface area contributed by atoms with Crippen molar-refractivity contribution < 1.29 is 14.4 Å². The minimum Gasteiger partial charge on any atom is -0.348 e. The first-order chi connectivity index (χ1) is 19.9. The molecule has 0 amide bonds. The molecular formula is C31H31N5O5. The quantitative estimate of drug-likeness (QED) is 0.223. The molecule has 10 nitrogen and oxygen atoms in total. The van der Waals surface area contributed by atoms with Gasteiger partial charge in [-0.3, -0.25) is 19.5 Å². The fourth-order valence-corrected chi connectivity index (χ4v) is 6.38. The molecule has 0 radical (unpaired) electrons.